The summed E-state index contributed by atoms with van der Waals surface area (Å²) < 4.78 is 30.8. The van der Waals surface area contributed by atoms with E-state index in [-0.39, 0.29) is 17.9 Å². The molecule has 0 aromatic carbocycles. The van der Waals surface area contributed by atoms with Crippen molar-refractivity contribution in [3.63, 3.8) is 0 Å². The fourth-order valence-electron chi connectivity index (χ4n) is 1.71. The van der Waals surface area contributed by atoms with Crippen LogP contribution in [0, 0.1) is 0 Å². The van der Waals surface area contributed by atoms with E-state index in [0.717, 1.165) is 19.3 Å². The lowest BCUT2D eigenvalue weighted by Gasteiger charge is -2.27. The standard InChI is InChI=1S/C10H22N2O3S/c1-9(7-11)12(2)16(13,14)8-10-5-3-4-6-15-10/h9-10H,3-8,11H2,1-2H3. The molecule has 2 N–H and O–H groups in total. The predicted molar refractivity (Wildman–Crippen MR) is 63.7 cm³/mol. The average Bonchev–Trinajstić information content (AvgIpc) is 2.27. The molecule has 2 atom stereocenters. The van der Waals surface area contributed by atoms with Crippen molar-refractivity contribution >= 4 is 10.0 Å². The lowest BCUT2D eigenvalue weighted by atomic mass is 10.1. The Kier molecular flexibility index (Phi) is 5.17. The van der Waals surface area contributed by atoms with E-state index in [2.05, 4.69) is 0 Å². The second kappa shape index (κ2) is 5.95. The molecule has 6 heteroatoms. The van der Waals surface area contributed by atoms with Crippen LogP contribution in [0.25, 0.3) is 0 Å². The molecule has 5 nitrogen and oxygen atoms in total. The van der Waals surface area contributed by atoms with Crippen molar-refractivity contribution in [2.24, 2.45) is 5.73 Å². The van der Waals surface area contributed by atoms with Crippen molar-refractivity contribution in [2.45, 2.75) is 38.3 Å². The summed E-state index contributed by atoms with van der Waals surface area (Å²) in [7, 11) is -1.66. The molecule has 2 unspecified atom stereocenters. The van der Waals surface area contributed by atoms with E-state index in [1.807, 2.05) is 0 Å². The van der Waals surface area contributed by atoms with Gasteiger partial charge in [-0.15, -0.1) is 0 Å². The van der Waals surface area contributed by atoms with Crippen molar-refractivity contribution in [3.8, 4) is 0 Å². The Bertz CT molecular complexity index is 299. The van der Waals surface area contributed by atoms with Crippen LogP contribution in [0.5, 0.6) is 0 Å². The Hall–Kier alpha value is -0.170. The van der Waals surface area contributed by atoms with E-state index in [1.54, 1.807) is 14.0 Å². The van der Waals surface area contributed by atoms with Gasteiger partial charge >= 0.3 is 0 Å². The SMILES string of the molecule is CC(CN)N(C)S(=O)(=O)CC1CCCCO1. The molecule has 0 aromatic heterocycles. The number of nitrogens with two attached hydrogens (primary N) is 1. The van der Waals surface area contributed by atoms with Crippen LogP contribution >= 0.6 is 0 Å². The monoisotopic (exact) mass is 250 g/mol. The molecular weight excluding hydrogens is 228 g/mol. The average molecular weight is 250 g/mol. The topological polar surface area (TPSA) is 72.6 Å². The van der Waals surface area contributed by atoms with Crippen LogP contribution in [0.1, 0.15) is 26.2 Å². The number of rotatable bonds is 5. The van der Waals surface area contributed by atoms with Crippen LogP contribution in [-0.4, -0.2) is 50.8 Å². The summed E-state index contributed by atoms with van der Waals surface area (Å²) in [5.41, 5.74) is 5.47. The van der Waals surface area contributed by atoms with Gasteiger partial charge in [-0.05, 0) is 26.2 Å². The van der Waals surface area contributed by atoms with E-state index in [9.17, 15) is 8.42 Å². The maximum Gasteiger partial charge on any atom is 0.216 e. The van der Waals surface area contributed by atoms with Crippen LogP contribution in [0.4, 0.5) is 0 Å². The first-order chi connectivity index (χ1) is 7.47. The summed E-state index contributed by atoms with van der Waals surface area (Å²) in [5, 5.41) is 0. The van der Waals surface area contributed by atoms with Crippen molar-refractivity contribution in [1.82, 2.24) is 4.31 Å². The van der Waals surface area contributed by atoms with E-state index in [1.165, 1.54) is 4.31 Å². The Morgan fingerprint density at radius 3 is 2.69 bits per heavy atom. The maximum atomic E-state index is 12.0. The highest BCUT2D eigenvalue weighted by Gasteiger charge is 2.27. The summed E-state index contributed by atoms with van der Waals surface area (Å²) in [6.07, 6.45) is 2.78. The van der Waals surface area contributed by atoms with Crippen LogP contribution in [0.2, 0.25) is 0 Å². The van der Waals surface area contributed by atoms with Gasteiger partial charge in [-0.1, -0.05) is 0 Å². The molecule has 0 aromatic rings. The molecule has 0 aliphatic carbocycles. The van der Waals surface area contributed by atoms with Crippen LogP contribution in [-0.2, 0) is 14.8 Å². The first kappa shape index (κ1) is 13.9. The molecule has 1 fully saturated rings. The van der Waals surface area contributed by atoms with Crippen molar-refractivity contribution in [3.05, 3.63) is 0 Å². The molecule has 1 saturated heterocycles. The summed E-state index contributed by atoms with van der Waals surface area (Å²) in [4.78, 5) is 0. The molecule has 1 heterocycles. The van der Waals surface area contributed by atoms with Gasteiger partial charge in [0.1, 0.15) is 0 Å². The van der Waals surface area contributed by atoms with Crippen molar-refractivity contribution in [1.29, 1.82) is 0 Å². The van der Waals surface area contributed by atoms with E-state index < -0.39 is 10.0 Å². The zero-order valence-corrected chi connectivity index (χ0v) is 10.9. The largest absolute Gasteiger partial charge is 0.377 e. The molecule has 16 heavy (non-hydrogen) atoms. The van der Waals surface area contributed by atoms with Gasteiger partial charge in [-0.2, -0.15) is 0 Å². The van der Waals surface area contributed by atoms with E-state index in [0.29, 0.717) is 13.2 Å². The Labute approximate surface area is 98.0 Å². The first-order valence-corrected chi connectivity index (χ1v) is 7.35. The fraction of sp³-hybridized carbons (Fsp3) is 1.00. The third kappa shape index (κ3) is 3.69. The normalized spacial score (nSPS) is 24.6. The van der Waals surface area contributed by atoms with Crippen LogP contribution < -0.4 is 5.73 Å². The van der Waals surface area contributed by atoms with E-state index in [4.69, 9.17) is 10.5 Å². The fourth-order valence-corrected chi connectivity index (χ4v) is 3.32. The summed E-state index contributed by atoms with van der Waals surface area (Å²) in [5.74, 6) is 0.0772. The summed E-state index contributed by atoms with van der Waals surface area (Å²) in [6, 6.07) is -0.159. The van der Waals surface area contributed by atoms with Crippen LogP contribution in [0.15, 0.2) is 0 Å². The van der Waals surface area contributed by atoms with Crippen LogP contribution in [0.3, 0.4) is 0 Å². The number of nitrogens with zero attached hydrogens (tertiary/aromatic N) is 1. The van der Waals surface area contributed by atoms with Gasteiger partial charge in [-0.25, -0.2) is 12.7 Å². The van der Waals surface area contributed by atoms with E-state index >= 15 is 0 Å². The van der Waals surface area contributed by atoms with Gasteiger partial charge in [0.2, 0.25) is 10.0 Å². The predicted octanol–water partition coefficient (Wildman–Crippen LogP) is 0.164. The lowest BCUT2D eigenvalue weighted by molar-refractivity contribution is 0.0298. The Balaban J connectivity index is 2.56. The molecule has 0 saturated carbocycles. The maximum absolute atomic E-state index is 12.0. The molecule has 1 aliphatic heterocycles. The smallest absolute Gasteiger partial charge is 0.216 e. The van der Waals surface area contributed by atoms with Gasteiger partial charge in [0.15, 0.2) is 0 Å². The molecule has 0 bridgehead atoms. The number of likely N-dealkylation sites (N-methyl/N-ethyl adjacent to an activating group) is 1. The highest BCUT2D eigenvalue weighted by atomic mass is 32.2. The van der Waals surface area contributed by atoms with Gasteiger partial charge in [0.05, 0.1) is 11.9 Å². The molecule has 1 aliphatic rings. The second-order valence-corrected chi connectivity index (χ2v) is 6.44. The summed E-state index contributed by atoms with van der Waals surface area (Å²) in [6.45, 7) is 2.82. The number of hydrogen-bond acceptors (Lipinski definition) is 4. The zero-order valence-electron chi connectivity index (χ0n) is 10.1. The first-order valence-electron chi connectivity index (χ1n) is 5.74. The highest BCUT2D eigenvalue weighted by Crippen LogP contribution is 2.16. The van der Waals surface area contributed by atoms with Gasteiger partial charge in [-0.3, -0.25) is 0 Å². The quantitative estimate of drug-likeness (QED) is 0.754. The highest BCUT2D eigenvalue weighted by molar-refractivity contribution is 7.89. The number of ether oxygens (including phenoxy) is 1. The lowest BCUT2D eigenvalue weighted by Crippen LogP contribution is -2.43. The van der Waals surface area contributed by atoms with Gasteiger partial charge < -0.3 is 10.5 Å². The molecular formula is C10H22N2O3S. The minimum atomic E-state index is -3.24. The molecule has 0 radical (unpaired) electrons. The Morgan fingerprint density at radius 1 is 1.50 bits per heavy atom. The minimum absolute atomic E-state index is 0.0772. The molecule has 0 amide bonds. The third-order valence-electron chi connectivity index (χ3n) is 3.07. The molecule has 96 valence electrons. The number of sulfonamides is 1. The third-order valence-corrected chi connectivity index (χ3v) is 5.10. The van der Waals surface area contributed by atoms with Crippen molar-refractivity contribution in [2.75, 3.05) is 26.0 Å². The van der Waals surface area contributed by atoms with Gasteiger partial charge in [0.25, 0.3) is 0 Å². The molecule has 1 rings (SSSR count). The Morgan fingerprint density at radius 2 is 2.19 bits per heavy atom. The molecule has 0 spiro atoms. The minimum Gasteiger partial charge on any atom is -0.377 e. The van der Waals surface area contributed by atoms with Gasteiger partial charge in [0, 0.05) is 26.2 Å². The second-order valence-electron chi connectivity index (χ2n) is 4.37. The number of hydrogen-bond donors (Lipinski definition) is 1. The van der Waals surface area contributed by atoms with Crippen molar-refractivity contribution < 1.29 is 13.2 Å². The zero-order chi connectivity index (χ0) is 12.2. The summed E-state index contributed by atoms with van der Waals surface area (Å²) >= 11 is 0.